The molecule has 0 atom stereocenters. The summed E-state index contributed by atoms with van der Waals surface area (Å²) in [5, 5.41) is 13.8. The normalized spacial score (nSPS) is 14.9. The Hall–Kier alpha value is -2.49. The third kappa shape index (κ3) is 4.10. The molecule has 0 aromatic heterocycles. The highest BCUT2D eigenvalue weighted by atomic mass is 35.5. The van der Waals surface area contributed by atoms with Crippen molar-refractivity contribution in [3.63, 3.8) is 0 Å². The summed E-state index contributed by atoms with van der Waals surface area (Å²) in [5.74, 6) is -0.709. The lowest BCUT2D eigenvalue weighted by Gasteiger charge is -2.15. The van der Waals surface area contributed by atoms with Gasteiger partial charge in [0.25, 0.3) is 11.6 Å². The van der Waals surface area contributed by atoms with Crippen LogP contribution in [0.3, 0.4) is 0 Å². The summed E-state index contributed by atoms with van der Waals surface area (Å²) in [6, 6.07) is 9.37. The van der Waals surface area contributed by atoms with E-state index in [1.165, 1.54) is 40.7 Å². The minimum Gasteiger partial charge on any atom is -0.322 e. The van der Waals surface area contributed by atoms with Crippen LogP contribution in [0.4, 0.5) is 11.4 Å². The molecule has 142 valence electrons. The molecule has 1 saturated heterocycles. The number of carbonyl (C=O) groups is 1. The first-order chi connectivity index (χ1) is 12.8. The minimum atomic E-state index is -3.55. The molecular formula is C17H16ClN3O5S. The number of carbonyl (C=O) groups excluding carboxylic acids is 1. The number of hydrogen-bond acceptors (Lipinski definition) is 5. The Labute approximate surface area is 160 Å². The number of nitrogens with zero attached hydrogens (tertiary/aromatic N) is 2. The zero-order valence-corrected chi connectivity index (χ0v) is 15.7. The molecule has 10 heteroatoms. The molecule has 1 N–H and O–H groups in total. The zero-order chi connectivity index (χ0) is 19.6. The van der Waals surface area contributed by atoms with E-state index in [9.17, 15) is 23.3 Å². The molecule has 0 saturated carbocycles. The van der Waals surface area contributed by atoms with Gasteiger partial charge >= 0.3 is 0 Å². The minimum absolute atomic E-state index is 0.135. The van der Waals surface area contributed by atoms with E-state index in [-0.39, 0.29) is 21.2 Å². The van der Waals surface area contributed by atoms with Gasteiger partial charge in [-0.25, -0.2) is 8.42 Å². The zero-order valence-electron chi connectivity index (χ0n) is 14.1. The number of nitrogens with one attached hydrogen (secondary N) is 1. The number of nitro groups is 1. The van der Waals surface area contributed by atoms with Crippen LogP contribution in [0.2, 0.25) is 5.02 Å². The topological polar surface area (TPSA) is 110 Å². The first kappa shape index (κ1) is 19.3. The number of nitro benzene ring substituents is 1. The van der Waals surface area contributed by atoms with Crippen LogP contribution in [0.1, 0.15) is 23.2 Å². The van der Waals surface area contributed by atoms with Gasteiger partial charge in [-0.15, -0.1) is 0 Å². The molecule has 0 spiro atoms. The fourth-order valence-corrected chi connectivity index (χ4v) is 4.52. The first-order valence-electron chi connectivity index (χ1n) is 8.14. The summed E-state index contributed by atoms with van der Waals surface area (Å²) in [4.78, 5) is 22.9. The van der Waals surface area contributed by atoms with Gasteiger partial charge in [-0.1, -0.05) is 11.6 Å². The van der Waals surface area contributed by atoms with Gasteiger partial charge in [0.05, 0.1) is 9.82 Å². The van der Waals surface area contributed by atoms with Gasteiger partial charge in [0.2, 0.25) is 10.0 Å². The first-order valence-corrected chi connectivity index (χ1v) is 9.96. The van der Waals surface area contributed by atoms with Gasteiger partial charge in [-0.2, -0.15) is 4.31 Å². The largest absolute Gasteiger partial charge is 0.322 e. The lowest BCUT2D eigenvalue weighted by Crippen LogP contribution is -2.27. The summed E-state index contributed by atoms with van der Waals surface area (Å²) in [5.41, 5.74) is -0.235. The van der Waals surface area contributed by atoms with Crippen molar-refractivity contribution in [1.82, 2.24) is 4.31 Å². The monoisotopic (exact) mass is 409 g/mol. The molecular weight excluding hydrogens is 394 g/mol. The molecule has 0 radical (unpaired) electrons. The van der Waals surface area contributed by atoms with E-state index in [4.69, 9.17) is 11.6 Å². The molecule has 0 unspecified atom stereocenters. The van der Waals surface area contributed by atoms with Gasteiger partial charge in [-0.05, 0) is 49.2 Å². The lowest BCUT2D eigenvalue weighted by molar-refractivity contribution is -0.385. The Morgan fingerprint density at radius 1 is 1.11 bits per heavy atom. The fraction of sp³-hybridized carbons (Fsp3) is 0.235. The maximum atomic E-state index is 12.5. The van der Waals surface area contributed by atoms with Crippen LogP contribution in [0.25, 0.3) is 0 Å². The summed E-state index contributed by atoms with van der Waals surface area (Å²) in [7, 11) is -3.55. The van der Waals surface area contributed by atoms with Gasteiger partial charge in [0.1, 0.15) is 5.56 Å². The quantitative estimate of drug-likeness (QED) is 0.601. The average Bonchev–Trinajstić information content (AvgIpc) is 3.17. The SMILES string of the molecule is O=C(Nc1ccc(S(=O)(=O)N2CCCC2)cc1)c1cc(Cl)ccc1[N+](=O)[O-]. The van der Waals surface area contributed by atoms with Crippen molar-refractivity contribution in [3.05, 3.63) is 63.2 Å². The molecule has 1 aliphatic rings. The summed E-state index contributed by atoms with van der Waals surface area (Å²) in [6.45, 7) is 0.999. The molecule has 3 rings (SSSR count). The van der Waals surface area contributed by atoms with Crippen molar-refractivity contribution in [3.8, 4) is 0 Å². The maximum absolute atomic E-state index is 12.5. The van der Waals surface area contributed by atoms with Crippen molar-refractivity contribution in [1.29, 1.82) is 0 Å². The standard InChI is InChI=1S/C17H16ClN3O5S/c18-12-3-8-16(21(23)24)15(11-12)17(22)19-13-4-6-14(7-5-13)27(25,26)20-9-1-2-10-20/h3-8,11H,1-2,9-10H2,(H,19,22). The highest BCUT2D eigenvalue weighted by Crippen LogP contribution is 2.25. The lowest BCUT2D eigenvalue weighted by atomic mass is 10.1. The molecule has 2 aromatic carbocycles. The van der Waals surface area contributed by atoms with Crippen molar-refractivity contribution in [2.24, 2.45) is 0 Å². The molecule has 8 nitrogen and oxygen atoms in total. The Kier molecular flexibility index (Phi) is 5.45. The molecule has 1 aliphatic heterocycles. The Morgan fingerprint density at radius 2 is 1.74 bits per heavy atom. The van der Waals surface area contributed by atoms with Gasteiger partial charge < -0.3 is 5.32 Å². The third-order valence-electron chi connectivity index (χ3n) is 4.21. The number of sulfonamides is 1. The molecule has 0 aliphatic carbocycles. The van der Waals surface area contributed by atoms with Crippen molar-refractivity contribution in [2.45, 2.75) is 17.7 Å². The predicted molar refractivity (Wildman–Crippen MR) is 100 cm³/mol. The molecule has 0 bridgehead atoms. The van der Waals surface area contributed by atoms with Crippen LogP contribution >= 0.6 is 11.6 Å². The number of hydrogen-bond donors (Lipinski definition) is 1. The second kappa shape index (κ2) is 7.63. The van der Waals surface area contributed by atoms with Gasteiger partial charge in [0.15, 0.2) is 0 Å². The van der Waals surface area contributed by atoms with Crippen molar-refractivity contribution in [2.75, 3.05) is 18.4 Å². The van der Waals surface area contributed by atoms with E-state index in [1.807, 2.05) is 0 Å². The molecule has 27 heavy (non-hydrogen) atoms. The predicted octanol–water partition coefficient (Wildman–Crippen LogP) is 3.29. The molecule has 2 aromatic rings. The maximum Gasteiger partial charge on any atom is 0.282 e. The van der Waals surface area contributed by atoms with Crippen LogP contribution in [0.15, 0.2) is 47.4 Å². The van der Waals surface area contributed by atoms with Gasteiger partial charge in [-0.3, -0.25) is 14.9 Å². The van der Waals surface area contributed by atoms with Crippen LogP contribution in [0, 0.1) is 10.1 Å². The van der Waals surface area contributed by atoms with E-state index in [0.29, 0.717) is 18.8 Å². The second-order valence-corrected chi connectivity index (χ2v) is 8.38. The van der Waals surface area contributed by atoms with Crippen LogP contribution in [-0.2, 0) is 10.0 Å². The Morgan fingerprint density at radius 3 is 2.33 bits per heavy atom. The Bertz CT molecular complexity index is 986. The highest BCUT2D eigenvalue weighted by Gasteiger charge is 2.27. The van der Waals surface area contributed by atoms with Gasteiger partial charge in [0, 0.05) is 29.9 Å². The van der Waals surface area contributed by atoms with E-state index < -0.39 is 20.9 Å². The number of rotatable bonds is 5. The van der Waals surface area contributed by atoms with E-state index in [2.05, 4.69) is 5.32 Å². The molecule has 1 heterocycles. The number of benzene rings is 2. The summed E-state index contributed by atoms with van der Waals surface area (Å²) in [6.07, 6.45) is 1.68. The number of amides is 1. The van der Waals surface area contributed by atoms with Crippen LogP contribution in [0.5, 0.6) is 0 Å². The smallest absolute Gasteiger partial charge is 0.282 e. The summed E-state index contributed by atoms with van der Waals surface area (Å²) < 4.78 is 26.4. The van der Waals surface area contributed by atoms with Crippen LogP contribution in [-0.4, -0.2) is 36.6 Å². The van der Waals surface area contributed by atoms with E-state index >= 15 is 0 Å². The van der Waals surface area contributed by atoms with Crippen molar-refractivity contribution < 1.29 is 18.1 Å². The van der Waals surface area contributed by atoms with Crippen molar-refractivity contribution >= 4 is 38.9 Å². The Balaban J connectivity index is 1.80. The highest BCUT2D eigenvalue weighted by molar-refractivity contribution is 7.89. The molecule has 1 amide bonds. The number of halogens is 1. The molecule has 1 fully saturated rings. The van der Waals surface area contributed by atoms with E-state index in [1.54, 1.807) is 0 Å². The van der Waals surface area contributed by atoms with Crippen LogP contribution < -0.4 is 5.32 Å². The van der Waals surface area contributed by atoms with E-state index in [0.717, 1.165) is 18.9 Å². The average molecular weight is 410 g/mol. The third-order valence-corrected chi connectivity index (χ3v) is 6.36. The number of anilines is 1. The fourth-order valence-electron chi connectivity index (χ4n) is 2.84. The second-order valence-electron chi connectivity index (χ2n) is 6.01. The summed E-state index contributed by atoms with van der Waals surface area (Å²) >= 11 is 5.83.